The van der Waals surface area contributed by atoms with Gasteiger partial charge in [-0.15, -0.1) is 0 Å². The lowest BCUT2D eigenvalue weighted by atomic mass is 10.1. The summed E-state index contributed by atoms with van der Waals surface area (Å²) in [6, 6.07) is 11.1. The molecule has 0 saturated carbocycles. The molecular formula is C19H17FN2O3. The number of hydrogen-bond acceptors (Lipinski definition) is 5. The van der Waals surface area contributed by atoms with Crippen molar-refractivity contribution in [3.63, 3.8) is 0 Å². The first-order valence-corrected chi connectivity index (χ1v) is 7.85. The van der Waals surface area contributed by atoms with Gasteiger partial charge in [0.25, 0.3) is 5.88 Å². The monoisotopic (exact) mass is 340 g/mol. The zero-order valence-electron chi connectivity index (χ0n) is 13.4. The number of rotatable bonds is 7. The molecule has 0 unspecified atom stereocenters. The predicted octanol–water partition coefficient (Wildman–Crippen LogP) is 4.13. The van der Waals surface area contributed by atoms with Gasteiger partial charge in [-0.2, -0.15) is 0 Å². The van der Waals surface area contributed by atoms with E-state index in [9.17, 15) is 9.50 Å². The number of nitrogens with zero attached hydrogens (tertiary/aromatic N) is 2. The Bertz CT molecular complexity index is 842. The van der Waals surface area contributed by atoms with Gasteiger partial charge >= 0.3 is 0 Å². The molecule has 2 heterocycles. The quantitative estimate of drug-likeness (QED) is 0.655. The highest BCUT2D eigenvalue weighted by molar-refractivity contribution is 5.37. The fraction of sp³-hybridized carbons (Fsp3) is 0.158. The molecule has 3 aromatic rings. The molecule has 0 bridgehead atoms. The van der Waals surface area contributed by atoms with Crippen molar-refractivity contribution in [1.82, 2.24) is 9.97 Å². The maximum absolute atomic E-state index is 13.3. The molecule has 25 heavy (non-hydrogen) atoms. The van der Waals surface area contributed by atoms with E-state index in [0.29, 0.717) is 30.9 Å². The highest BCUT2D eigenvalue weighted by Gasteiger charge is 2.08. The van der Waals surface area contributed by atoms with E-state index in [0.717, 1.165) is 5.56 Å². The van der Waals surface area contributed by atoms with Crippen LogP contribution in [0.1, 0.15) is 12.0 Å². The summed E-state index contributed by atoms with van der Waals surface area (Å²) in [5.74, 6) is 0.905. The van der Waals surface area contributed by atoms with Crippen LogP contribution in [0.25, 0.3) is 0 Å². The van der Waals surface area contributed by atoms with E-state index in [-0.39, 0.29) is 17.4 Å². The van der Waals surface area contributed by atoms with Crippen LogP contribution in [0.2, 0.25) is 0 Å². The number of aromatic hydroxyl groups is 1. The van der Waals surface area contributed by atoms with Crippen LogP contribution in [0.3, 0.4) is 0 Å². The Morgan fingerprint density at radius 3 is 2.84 bits per heavy atom. The summed E-state index contributed by atoms with van der Waals surface area (Å²) in [7, 11) is 0. The summed E-state index contributed by atoms with van der Waals surface area (Å²) in [6.45, 7) is 0.424. The second-order valence-electron chi connectivity index (χ2n) is 5.32. The molecule has 0 aliphatic heterocycles. The van der Waals surface area contributed by atoms with Gasteiger partial charge in [-0.05, 0) is 48.7 Å². The molecule has 0 aliphatic rings. The lowest BCUT2D eigenvalue weighted by molar-refractivity contribution is 0.292. The molecule has 0 spiro atoms. The fourth-order valence-electron chi connectivity index (χ4n) is 2.28. The average molecular weight is 340 g/mol. The molecule has 128 valence electrons. The van der Waals surface area contributed by atoms with Gasteiger partial charge in [-0.3, -0.25) is 4.98 Å². The smallest absolute Gasteiger partial charge is 0.262 e. The summed E-state index contributed by atoms with van der Waals surface area (Å²) in [5, 5.41) is 9.69. The van der Waals surface area contributed by atoms with Crippen molar-refractivity contribution in [3.05, 3.63) is 72.4 Å². The zero-order valence-corrected chi connectivity index (χ0v) is 13.4. The van der Waals surface area contributed by atoms with Crippen molar-refractivity contribution in [1.29, 1.82) is 0 Å². The SMILES string of the molecule is Oc1cnccc1CCCOc1cccnc1Oc1cccc(F)c1. The van der Waals surface area contributed by atoms with Crippen molar-refractivity contribution in [2.24, 2.45) is 0 Å². The van der Waals surface area contributed by atoms with Crippen LogP contribution >= 0.6 is 0 Å². The molecule has 0 atom stereocenters. The average Bonchev–Trinajstić information content (AvgIpc) is 2.61. The van der Waals surface area contributed by atoms with E-state index in [1.165, 1.54) is 18.3 Å². The summed E-state index contributed by atoms with van der Waals surface area (Å²) < 4.78 is 24.6. The fourth-order valence-corrected chi connectivity index (χ4v) is 2.28. The summed E-state index contributed by atoms with van der Waals surface area (Å²) >= 11 is 0. The molecule has 0 amide bonds. The van der Waals surface area contributed by atoms with E-state index < -0.39 is 0 Å². The van der Waals surface area contributed by atoms with Crippen molar-refractivity contribution in [2.75, 3.05) is 6.61 Å². The maximum atomic E-state index is 13.3. The number of aryl methyl sites for hydroxylation is 1. The lowest BCUT2D eigenvalue weighted by Gasteiger charge is -2.11. The van der Waals surface area contributed by atoms with Gasteiger partial charge in [-0.25, -0.2) is 9.37 Å². The van der Waals surface area contributed by atoms with E-state index in [4.69, 9.17) is 9.47 Å². The van der Waals surface area contributed by atoms with Crippen LogP contribution in [0, 0.1) is 5.82 Å². The Morgan fingerprint density at radius 1 is 1.08 bits per heavy atom. The molecule has 0 fully saturated rings. The minimum absolute atomic E-state index is 0.180. The molecule has 0 radical (unpaired) electrons. The van der Waals surface area contributed by atoms with Crippen molar-refractivity contribution in [2.45, 2.75) is 12.8 Å². The van der Waals surface area contributed by atoms with Gasteiger partial charge in [0.1, 0.15) is 17.3 Å². The van der Waals surface area contributed by atoms with Crippen molar-refractivity contribution < 1.29 is 19.0 Å². The van der Waals surface area contributed by atoms with Crippen LogP contribution in [0.15, 0.2) is 61.1 Å². The number of pyridine rings is 2. The van der Waals surface area contributed by atoms with Crippen LogP contribution < -0.4 is 9.47 Å². The molecule has 5 nitrogen and oxygen atoms in total. The van der Waals surface area contributed by atoms with Gasteiger partial charge in [0.05, 0.1) is 12.8 Å². The molecule has 3 rings (SSSR count). The maximum Gasteiger partial charge on any atom is 0.262 e. The molecule has 0 saturated heterocycles. The van der Waals surface area contributed by atoms with Crippen molar-refractivity contribution >= 4 is 0 Å². The topological polar surface area (TPSA) is 64.5 Å². The number of ether oxygens (including phenoxy) is 2. The van der Waals surface area contributed by atoms with Gasteiger partial charge in [-0.1, -0.05) is 6.07 Å². The minimum atomic E-state index is -0.381. The number of aromatic nitrogens is 2. The lowest BCUT2D eigenvalue weighted by Crippen LogP contribution is -2.02. The first-order chi connectivity index (χ1) is 12.2. The highest BCUT2D eigenvalue weighted by atomic mass is 19.1. The van der Waals surface area contributed by atoms with Gasteiger partial charge in [0.2, 0.25) is 0 Å². The second kappa shape index (κ2) is 8.10. The molecule has 0 aliphatic carbocycles. The first kappa shape index (κ1) is 16.7. The minimum Gasteiger partial charge on any atom is -0.506 e. The van der Waals surface area contributed by atoms with E-state index in [1.807, 2.05) is 0 Å². The van der Waals surface area contributed by atoms with Crippen molar-refractivity contribution in [3.8, 4) is 23.1 Å². The Labute approximate surface area is 144 Å². The van der Waals surface area contributed by atoms with Crippen LogP contribution in [-0.2, 0) is 6.42 Å². The first-order valence-electron chi connectivity index (χ1n) is 7.85. The summed E-state index contributed by atoms with van der Waals surface area (Å²) in [4.78, 5) is 7.98. The predicted molar refractivity (Wildman–Crippen MR) is 90.4 cm³/mol. The van der Waals surface area contributed by atoms with Crippen LogP contribution in [0.4, 0.5) is 4.39 Å². The van der Waals surface area contributed by atoms with E-state index in [2.05, 4.69) is 9.97 Å². The molecule has 2 aromatic heterocycles. The third kappa shape index (κ3) is 4.67. The highest BCUT2D eigenvalue weighted by Crippen LogP contribution is 2.29. The summed E-state index contributed by atoms with van der Waals surface area (Å²) in [6.07, 6.45) is 6.00. The third-order valence-corrected chi connectivity index (χ3v) is 3.48. The Morgan fingerprint density at radius 2 is 2.00 bits per heavy atom. The normalized spacial score (nSPS) is 10.4. The molecule has 1 N–H and O–H groups in total. The molecular weight excluding hydrogens is 323 g/mol. The number of benzene rings is 1. The van der Waals surface area contributed by atoms with Gasteiger partial charge in [0.15, 0.2) is 5.75 Å². The largest absolute Gasteiger partial charge is 0.506 e. The Balaban J connectivity index is 1.58. The standard InChI is InChI=1S/C19H17FN2O3/c20-15-5-1-6-16(12-15)25-19-18(7-2-9-22-19)24-11-3-4-14-8-10-21-13-17(14)23/h1-2,5-10,12-13,23H,3-4,11H2. The molecule has 6 heteroatoms. The van der Waals surface area contributed by atoms with Gasteiger partial charge in [0, 0.05) is 18.5 Å². The van der Waals surface area contributed by atoms with Gasteiger partial charge < -0.3 is 14.6 Å². The zero-order chi connectivity index (χ0) is 17.5. The Hall–Kier alpha value is -3.15. The van der Waals surface area contributed by atoms with E-state index in [1.54, 1.807) is 42.7 Å². The summed E-state index contributed by atoms with van der Waals surface area (Å²) in [5.41, 5.74) is 0.820. The second-order valence-corrected chi connectivity index (χ2v) is 5.32. The number of halogens is 1. The van der Waals surface area contributed by atoms with Crippen LogP contribution in [-0.4, -0.2) is 21.7 Å². The molecule has 1 aromatic carbocycles. The Kier molecular flexibility index (Phi) is 5.41. The van der Waals surface area contributed by atoms with E-state index >= 15 is 0 Å². The number of hydrogen-bond donors (Lipinski definition) is 1. The third-order valence-electron chi connectivity index (χ3n) is 3.48. The van der Waals surface area contributed by atoms with Crippen LogP contribution in [0.5, 0.6) is 23.1 Å².